The third-order valence-corrected chi connectivity index (χ3v) is 4.37. The number of nitrogens with zero attached hydrogens (tertiary/aromatic N) is 1. The Labute approximate surface area is 140 Å². The van der Waals surface area contributed by atoms with Crippen LogP contribution in [0.15, 0.2) is 24.3 Å². The molecule has 1 N–H and O–H groups in total. The van der Waals surface area contributed by atoms with E-state index in [1.165, 1.54) is 24.3 Å². The molecule has 0 spiro atoms. The number of aliphatic carboxylic acids is 1. The van der Waals surface area contributed by atoms with E-state index in [0.29, 0.717) is 25.1 Å². The first-order chi connectivity index (χ1) is 11.5. The molecule has 0 radical (unpaired) electrons. The predicted molar refractivity (Wildman–Crippen MR) is 86.1 cm³/mol. The number of benzene rings is 1. The van der Waals surface area contributed by atoms with Crippen molar-refractivity contribution in [2.24, 2.45) is 5.92 Å². The second-order valence-corrected chi connectivity index (χ2v) is 6.21. The van der Waals surface area contributed by atoms with Crippen LogP contribution in [-0.4, -0.2) is 40.8 Å². The number of ketones is 1. The van der Waals surface area contributed by atoms with E-state index in [1.54, 1.807) is 4.90 Å². The van der Waals surface area contributed by atoms with Gasteiger partial charge in [-0.15, -0.1) is 0 Å². The molecule has 1 aromatic rings. The molecule has 1 heterocycles. The lowest BCUT2D eigenvalue weighted by atomic mass is 9.93. The van der Waals surface area contributed by atoms with Gasteiger partial charge in [0.1, 0.15) is 5.82 Å². The van der Waals surface area contributed by atoms with Gasteiger partial charge in [-0.1, -0.05) is 0 Å². The lowest BCUT2D eigenvalue weighted by Gasteiger charge is -2.32. The van der Waals surface area contributed by atoms with E-state index in [2.05, 4.69) is 0 Å². The fourth-order valence-electron chi connectivity index (χ4n) is 3.01. The molecule has 0 saturated carbocycles. The molecule has 2 rings (SSSR count). The highest BCUT2D eigenvalue weighted by molar-refractivity contribution is 5.97. The molecule has 5 nitrogen and oxygen atoms in total. The highest BCUT2D eigenvalue weighted by Crippen LogP contribution is 2.22. The Morgan fingerprint density at radius 1 is 1.12 bits per heavy atom. The van der Waals surface area contributed by atoms with Gasteiger partial charge in [0.25, 0.3) is 0 Å². The zero-order valence-electron chi connectivity index (χ0n) is 13.5. The van der Waals surface area contributed by atoms with Gasteiger partial charge in [-0.3, -0.25) is 14.4 Å². The summed E-state index contributed by atoms with van der Waals surface area (Å²) in [6.45, 7) is 1.23. The van der Waals surface area contributed by atoms with Gasteiger partial charge in [-0.25, -0.2) is 4.39 Å². The highest BCUT2D eigenvalue weighted by atomic mass is 19.1. The van der Waals surface area contributed by atoms with E-state index < -0.39 is 11.8 Å². The Morgan fingerprint density at radius 3 is 2.50 bits per heavy atom. The van der Waals surface area contributed by atoms with E-state index >= 15 is 0 Å². The number of halogens is 1. The van der Waals surface area contributed by atoms with Gasteiger partial charge in [0.15, 0.2) is 5.78 Å². The number of hydrogen-bond acceptors (Lipinski definition) is 3. The van der Waals surface area contributed by atoms with Gasteiger partial charge in [0, 0.05) is 37.9 Å². The van der Waals surface area contributed by atoms with Crippen LogP contribution in [-0.2, 0) is 9.59 Å². The van der Waals surface area contributed by atoms with Crippen LogP contribution < -0.4 is 0 Å². The van der Waals surface area contributed by atoms with Crippen molar-refractivity contribution in [1.82, 2.24) is 4.90 Å². The van der Waals surface area contributed by atoms with Crippen LogP contribution in [0.1, 0.15) is 48.9 Å². The molecule has 130 valence electrons. The molecule has 1 atom stereocenters. The van der Waals surface area contributed by atoms with Gasteiger partial charge in [-0.05, 0) is 49.4 Å². The minimum absolute atomic E-state index is 0.0783. The summed E-state index contributed by atoms with van der Waals surface area (Å²) in [6.07, 6.45) is 2.72. The van der Waals surface area contributed by atoms with Crippen molar-refractivity contribution in [2.45, 2.75) is 38.5 Å². The molecule has 1 aliphatic rings. The minimum Gasteiger partial charge on any atom is -0.481 e. The van der Waals surface area contributed by atoms with Crippen LogP contribution in [0.3, 0.4) is 0 Å². The average Bonchev–Trinajstić information content (AvgIpc) is 2.58. The molecule has 1 fully saturated rings. The number of carbonyl (C=O) groups is 3. The number of carboxylic acid groups (broad SMARTS) is 1. The standard InChI is InChI=1S/C18H22FNO4/c19-15-6-4-14(5-7-15)16(21)8-9-17(22)20-11-1-2-13(12-20)3-10-18(23)24/h4-7,13H,1-3,8-12H2,(H,23,24). The van der Waals surface area contributed by atoms with Crippen molar-refractivity contribution >= 4 is 17.7 Å². The highest BCUT2D eigenvalue weighted by Gasteiger charge is 2.24. The summed E-state index contributed by atoms with van der Waals surface area (Å²) in [4.78, 5) is 36.7. The smallest absolute Gasteiger partial charge is 0.303 e. The molecule has 24 heavy (non-hydrogen) atoms. The van der Waals surface area contributed by atoms with Gasteiger partial charge in [0.05, 0.1) is 0 Å². The zero-order chi connectivity index (χ0) is 17.5. The normalized spacial score (nSPS) is 17.5. The van der Waals surface area contributed by atoms with Crippen molar-refractivity contribution in [1.29, 1.82) is 0 Å². The summed E-state index contributed by atoms with van der Waals surface area (Å²) >= 11 is 0. The molecule has 0 aliphatic carbocycles. The Bertz CT molecular complexity index is 600. The number of amides is 1. The van der Waals surface area contributed by atoms with E-state index in [9.17, 15) is 18.8 Å². The van der Waals surface area contributed by atoms with Gasteiger partial charge in [0.2, 0.25) is 5.91 Å². The molecule has 1 aromatic carbocycles. The molecule has 1 saturated heterocycles. The summed E-state index contributed by atoms with van der Waals surface area (Å²) < 4.78 is 12.8. The molecule has 1 aliphatic heterocycles. The Balaban J connectivity index is 1.80. The topological polar surface area (TPSA) is 74.7 Å². The second-order valence-electron chi connectivity index (χ2n) is 6.21. The van der Waals surface area contributed by atoms with Crippen molar-refractivity contribution in [2.75, 3.05) is 13.1 Å². The first kappa shape index (κ1) is 18.1. The fraction of sp³-hybridized carbons (Fsp3) is 0.500. The summed E-state index contributed by atoms with van der Waals surface area (Å²) in [5, 5.41) is 8.75. The Hall–Kier alpha value is -2.24. The van der Waals surface area contributed by atoms with Crippen molar-refractivity contribution in [3.8, 4) is 0 Å². The van der Waals surface area contributed by atoms with E-state index in [1.807, 2.05) is 0 Å². The number of hydrogen-bond donors (Lipinski definition) is 1. The summed E-state index contributed by atoms with van der Waals surface area (Å²) in [5.41, 5.74) is 0.405. The zero-order valence-corrected chi connectivity index (χ0v) is 13.5. The van der Waals surface area contributed by atoms with Crippen LogP contribution in [0.25, 0.3) is 0 Å². The second kappa shape index (κ2) is 8.57. The van der Waals surface area contributed by atoms with Crippen LogP contribution in [0.2, 0.25) is 0 Å². The molecule has 1 unspecified atom stereocenters. The predicted octanol–water partition coefficient (Wildman–Crippen LogP) is 2.89. The third kappa shape index (κ3) is 5.44. The first-order valence-corrected chi connectivity index (χ1v) is 8.24. The minimum atomic E-state index is -0.816. The van der Waals surface area contributed by atoms with Crippen molar-refractivity contribution in [3.05, 3.63) is 35.6 Å². The number of Topliss-reactive ketones (excluding diaryl/α,β-unsaturated/α-hetero) is 1. The Kier molecular flexibility index (Phi) is 6.46. The number of likely N-dealkylation sites (tertiary alicyclic amines) is 1. The molecule has 6 heteroatoms. The van der Waals surface area contributed by atoms with Crippen LogP contribution in [0, 0.1) is 11.7 Å². The van der Waals surface area contributed by atoms with Crippen LogP contribution >= 0.6 is 0 Å². The SMILES string of the molecule is O=C(O)CCC1CCCN(C(=O)CCC(=O)c2ccc(F)cc2)C1. The summed E-state index contributed by atoms with van der Waals surface area (Å²) in [6, 6.07) is 5.30. The number of piperidine rings is 1. The number of carboxylic acids is 1. The van der Waals surface area contributed by atoms with E-state index in [4.69, 9.17) is 5.11 Å². The monoisotopic (exact) mass is 335 g/mol. The van der Waals surface area contributed by atoms with Crippen LogP contribution in [0.5, 0.6) is 0 Å². The van der Waals surface area contributed by atoms with Gasteiger partial charge >= 0.3 is 5.97 Å². The van der Waals surface area contributed by atoms with Crippen molar-refractivity contribution < 1.29 is 23.9 Å². The lowest BCUT2D eigenvalue weighted by Crippen LogP contribution is -2.40. The van der Waals surface area contributed by atoms with Crippen molar-refractivity contribution in [3.63, 3.8) is 0 Å². The Morgan fingerprint density at radius 2 is 1.83 bits per heavy atom. The quantitative estimate of drug-likeness (QED) is 0.778. The maximum absolute atomic E-state index is 12.8. The van der Waals surface area contributed by atoms with Gasteiger partial charge < -0.3 is 10.0 Å². The summed E-state index contributed by atoms with van der Waals surface area (Å²) in [5.74, 6) is -1.26. The molecular weight excluding hydrogens is 313 g/mol. The van der Waals surface area contributed by atoms with Crippen LogP contribution in [0.4, 0.5) is 4.39 Å². The third-order valence-electron chi connectivity index (χ3n) is 4.37. The molecule has 0 bridgehead atoms. The first-order valence-electron chi connectivity index (χ1n) is 8.24. The maximum atomic E-state index is 12.8. The average molecular weight is 335 g/mol. The van der Waals surface area contributed by atoms with E-state index in [0.717, 1.165) is 12.8 Å². The van der Waals surface area contributed by atoms with Gasteiger partial charge in [-0.2, -0.15) is 0 Å². The number of carbonyl (C=O) groups excluding carboxylic acids is 2. The molecular formula is C18H22FNO4. The summed E-state index contributed by atoms with van der Waals surface area (Å²) in [7, 11) is 0. The fourth-order valence-corrected chi connectivity index (χ4v) is 3.01. The maximum Gasteiger partial charge on any atom is 0.303 e. The molecule has 1 amide bonds. The lowest BCUT2D eigenvalue weighted by molar-refractivity contribution is -0.137. The largest absolute Gasteiger partial charge is 0.481 e. The molecule has 0 aromatic heterocycles. The number of rotatable bonds is 7. The van der Waals surface area contributed by atoms with E-state index in [-0.39, 0.29) is 36.9 Å².